The van der Waals surface area contributed by atoms with Crippen LogP contribution in [0.25, 0.3) is 0 Å². The molecule has 1 heterocycles. The molecule has 1 rings (SSSR count). The molecule has 1 atom stereocenters. The normalized spacial score (nSPS) is 18.5. The molecule has 1 saturated heterocycles. The van der Waals surface area contributed by atoms with E-state index in [1.54, 1.807) is 18.7 Å². The number of carbonyl (C=O) groups excluding carboxylic acids is 3. The van der Waals surface area contributed by atoms with Crippen LogP contribution in [-0.2, 0) is 14.3 Å². The Kier molecular flexibility index (Phi) is 7.85. The van der Waals surface area contributed by atoms with Gasteiger partial charge in [-0.25, -0.2) is 4.79 Å². The summed E-state index contributed by atoms with van der Waals surface area (Å²) >= 11 is 0. The van der Waals surface area contributed by atoms with Gasteiger partial charge in [0.05, 0.1) is 0 Å². The molecular weight excluding hydrogens is 330 g/mol. The molecule has 1 aliphatic rings. The van der Waals surface area contributed by atoms with Gasteiger partial charge < -0.3 is 9.64 Å². The zero-order valence-electron chi connectivity index (χ0n) is 17.7. The number of rotatable bonds is 7. The first kappa shape index (κ1) is 22.7. The molecule has 0 N–H and O–H groups in total. The molecule has 5 nitrogen and oxygen atoms in total. The number of nitrogens with zero attached hydrogens (tertiary/aromatic N) is 1. The molecule has 1 fully saturated rings. The topological polar surface area (TPSA) is 63.7 Å². The van der Waals surface area contributed by atoms with Gasteiger partial charge in [-0.3, -0.25) is 9.59 Å². The van der Waals surface area contributed by atoms with Gasteiger partial charge in [0.25, 0.3) is 0 Å². The third-order valence-corrected chi connectivity index (χ3v) is 5.62. The fraction of sp³-hybridized carbons (Fsp3) is 0.857. The molecule has 5 heteroatoms. The third kappa shape index (κ3) is 6.40. The zero-order chi connectivity index (χ0) is 20.1. The SMILES string of the molecule is CC(=O)[C@@H](CCCC1(C(C)=O)CCN(C(=O)OC(C)(C)C)CC1)C(C)C. The van der Waals surface area contributed by atoms with Crippen LogP contribution in [0.1, 0.15) is 80.6 Å². The summed E-state index contributed by atoms with van der Waals surface area (Å²) in [7, 11) is 0. The number of amides is 1. The summed E-state index contributed by atoms with van der Waals surface area (Å²) in [5.41, 5.74) is -0.873. The lowest BCUT2D eigenvalue weighted by atomic mass is 9.71. The smallest absolute Gasteiger partial charge is 0.410 e. The number of ketones is 2. The van der Waals surface area contributed by atoms with Gasteiger partial charge in [-0.1, -0.05) is 20.3 Å². The van der Waals surface area contributed by atoms with Crippen LogP contribution in [0.4, 0.5) is 4.79 Å². The Morgan fingerprint density at radius 3 is 2.00 bits per heavy atom. The minimum Gasteiger partial charge on any atom is -0.444 e. The molecule has 0 spiro atoms. The number of likely N-dealkylation sites (tertiary alicyclic amines) is 1. The molecule has 1 aliphatic heterocycles. The highest BCUT2D eigenvalue weighted by molar-refractivity contribution is 5.83. The van der Waals surface area contributed by atoms with E-state index in [1.165, 1.54) is 0 Å². The second-order valence-corrected chi connectivity index (χ2v) is 9.16. The van der Waals surface area contributed by atoms with Gasteiger partial charge in [0.2, 0.25) is 0 Å². The van der Waals surface area contributed by atoms with E-state index in [1.807, 2.05) is 20.8 Å². The maximum absolute atomic E-state index is 12.4. The first-order chi connectivity index (χ1) is 11.9. The summed E-state index contributed by atoms with van der Waals surface area (Å²) in [5.74, 6) is 0.831. The van der Waals surface area contributed by atoms with Gasteiger partial charge in [-0.2, -0.15) is 0 Å². The summed E-state index contributed by atoms with van der Waals surface area (Å²) < 4.78 is 5.44. The van der Waals surface area contributed by atoms with E-state index in [2.05, 4.69) is 13.8 Å². The molecule has 26 heavy (non-hydrogen) atoms. The van der Waals surface area contributed by atoms with Gasteiger partial charge in [-0.15, -0.1) is 0 Å². The lowest BCUT2D eigenvalue weighted by Crippen LogP contribution is -2.47. The Balaban J connectivity index is 2.64. The molecule has 0 aliphatic carbocycles. The summed E-state index contributed by atoms with van der Waals surface area (Å²) in [6, 6.07) is 0. The largest absolute Gasteiger partial charge is 0.444 e. The highest BCUT2D eigenvalue weighted by Crippen LogP contribution is 2.38. The Hall–Kier alpha value is -1.39. The molecule has 0 saturated carbocycles. The molecule has 0 aromatic heterocycles. The first-order valence-electron chi connectivity index (χ1n) is 9.87. The Morgan fingerprint density at radius 2 is 1.62 bits per heavy atom. The van der Waals surface area contributed by atoms with E-state index in [0.717, 1.165) is 19.3 Å². The molecule has 0 aromatic carbocycles. The highest BCUT2D eigenvalue weighted by atomic mass is 16.6. The monoisotopic (exact) mass is 367 g/mol. The van der Waals surface area contributed by atoms with E-state index in [0.29, 0.717) is 31.8 Å². The Bertz CT molecular complexity index is 511. The molecule has 0 unspecified atom stereocenters. The number of Topliss-reactive ketones (excluding diaryl/α,β-unsaturated/α-hetero) is 2. The maximum Gasteiger partial charge on any atom is 0.410 e. The Morgan fingerprint density at radius 1 is 1.08 bits per heavy atom. The Labute approximate surface area is 158 Å². The van der Waals surface area contributed by atoms with Gasteiger partial charge in [0, 0.05) is 24.4 Å². The standard InChI is InChI=1S/C21H37NO4/c1-15(2)18(16(3)23)9-8-10-21(17(4)24)11-13-22(14-12-21)19(25)26-20(5,6)7/h15,18H,8-14H2,1-7H3/t18-/m0/s1. The molecule has 1 amide bonds. The van der Waals surface area contributed by atoms with Crippen molar-refractivity contribution in [2.45, 2.75) is 86.2 Å². The van der Waals surface area contributed by atoms with Crippen molar-refractivity contribution >= 4 is 17.7 Å². The van der Waals surface area contributed by atoms with Crippen LogP contribution in [0, 0.1) is 17.3 Å². The molecule has 0 bridgehead atoms. The second-order valence-electron chi connectivity index (χ2n) is 9.16. The summed E-state index contributed by atoms with van der Waals surface area (Å²) in [5, 5.41) is 0. The van der Waals surface area contributed by atoms with Gasteiger partial charge >= 0.3 is 6.09 Å². The van der Waals surface area contributed by atoms with E-state index in [9.17, 15) is 14.4 Å². The average Bonchev–Trinajstić information content (AvgIpc) is 2.49. The maximum atomic E-state index is 12.4. The van der Waals surface area contributed by atoms with Gasteiger partial charge in [-0.05, 0) is 66.2 Å². The fourth-order valence-electron chi connectivity index (χ4n) is 3.89. The summed E-state index contributed by atoms with van der Waals surface area (Å²) in [4.78, 5) is 38.1. The van der Waals surface area contributed by atoms with Crippen LogP contribution < -0.4 is 0 Å². The predicted octanol–water partition coefficient (Wildman–Crippen LogP) is 4.62. The first-order valence-corrected chi connectivity index (χ1v) is 9.87. The number of piperidine rings is 1. The number of hydrogen-bond donors (Lipinski definition) is 0. The third-order valence-electron chi connectivity index (χ3n) is 5.62. The van der Waals surface area contributed by atoms with Crippen LogP contribution in [0.3, 0.4) is 0 Å². The van der Waals surface area contributed by atoms with Crippen molar-refractivity contribution in [1.29, 1.82) is 0 Å². The lowest BCUT2D eigenvalue weighted by molar-refractivity contribution is -0.130. The van der Waals surface area contributed by atoms with Crippen molar-refractivity contribution in [3.05, 3.63) is 0 Å². The summed E-state index contributed by atoms with van der Waals surface area (Å²) in [6.07, 6.45) is 3.54. The minimum absolute atomic E-state index is 0.0702. The molecule has 150 valence electrons. The number of hydrogen-bond acceptors (Lipinski definition) is 4. The average molecular weight is 368 g/mol. The number of carbonyl (C=O) groups is 3. The fourth-order valence-corrected chi connectivity index (χ4v) is 3.89. The van der Waals surface area contributed by atoms with Crippen LogP contribution >= 0.6 is 0 Å². The quantitative estimate of drug-likeness (QED) is 0.658. The second kappa shape index (κ2) is 9.01. The van der Waals surface area contributed by atoms with E-state index < -0.39 is 5.60 Å². The van der Waals surface area contributed by atoms with Gasteiger partial charge in [0.15, 0.2) is 0 Å². The van der Waals surface area contributed by atoms with E-state index in [-0.39, 0.29) is 29.0 Å². The van der Waals surface area contributed by atoms with Crippen molar-refractivity contribution < 1.29 is 19.1 Å². The lowest BCUT2D eigenvalue weighted by Gasteiger charge is -2.40. The van der Waals surface area contributed by atoms with E-state index >= 15 is 0 Å². The van der Waals surface area contributed by atoms with Crippen LogP contribution in [0.2, 0.25) is 0 Å². The minimum atomic E-state index is -0.509. The highest BCUT2D eigenvalue weighted by Gasteiger charge is 2.40. The van der Waals surface area contributed by atoms with Crippen molar-refractivity contribution in [3.8, 4) is 0 Å². The predicted molar refractivity (Wildman–Crippen MR) is 103 cm³/mol. The van der Waals surface area contributed by atoms with Crippen LogP contribution in [0.15, 0.2) is 0 Å². The van der Waals surface area contributed by atoms with Crippen molar-refractivity contribution in [3.63, 3.8) is 0 Å². The van der Waals surface area contributed by atoms with Crippen molar-refractivity contribution in [1.82, 2.24) is 4.90 Å². The van der Waals surface area contributed by atoms with E-state index in [4.69, 9.17) is 4.74 Å². The molecule has 0 aromatic rings. The molecular formula is C21H37NO4. The molecule has 0 radical (unpaired) electrons. The van der Waals surface area contributed by atoms with Crippen LogP contribution in [0.5, 0.6) is 0 Å². The van der Waals surface area contributed by atoms with Crippen LogP contribution in [-0.4, -0.2) is 41.3 Å². The van der Waals surface area contributed by atoms with Gasteiger partial charge in [0.1, 0.15) is 17.2 Å². The number of ether oxygens (including phenoxy) is 1. The zero-order valence-corrected chi connectivity index (χ0v) is 17.7. The van der Waals surface area contributed by atoms with Crippen molar-refractivity contribution in [2.24, 2.45) is 17.3 Å². The van der Waals surface area contributed by atoms with Crippen molar-refractivity contribution in [2.75, 3.05) is 13.1 Å². The summed E-state index contributed by atoms with van der Waals surface area (Å²) in [6.45, 7) is 14.1.